The van der Waals surface area contributed by atoms with E-state index in [1.54, 1.807) is 19.2 Å². The van der Waals surface area contributed by atoms with Crippen LogP contribution in [0.2, 0.25) is 0 Å². The number of likely N-dealkylation sites (tertiary alicyclic amines) is 1. The quantitative estimate of drug-likeness (QED) is 0.751. The van der Waals surface area contributed by atoms with Crippen molar-refractivity contribution in [2.45, 2.75) is 38.6 Å². The molecule has 1 aliphatic heterocycles. The first-order valence-corrected chi connectivity index (χ1v) is 7.67. The zero-order chi connectivity index (χ0) is 15.2. The minimum atomic E-state index is -0.237. The second-order valence-corrected chi connectivity index (χ2v) is 5.80. The molecule has 21 heavy (non-hydrogen) atoms. The van der Waals surface area contributed by atoms with Gasteiger partial charge < -0.3 is 9.64 Å². The maximum atomic E-state index is 13.4. The maximum Gasteiger partial charge on any atom is 0.223 e. The molecular formula is C17H24FNO2. The molecule has 1 fully saturated rings. The van der Waals surface area contributed by atoms with Gasteiger partial charge in [0.25, 0.3) is 0 Å². The van der Waals surface area contributed by atoms with Crippen molar-refractivity contribution >= 4 is 5.91 Å². The molecule has 0 spiro atoms. The summed E-state index contributed by atoms with van der Waals surface area (Å²) >= 11 is 0. The van der Waals surface area contributed by atoms with Crippen LogP contribution in [0.15, 0.2) is 24.3 Å². The summed E-state index contributed by atoms with van der Waals surface area (Å²) in [7, 11) is 1.67. The molecular weight excluding hydrogens is 269 g/mol. The van der Waals surface area contributed by atoms with E-state index in [4.69, 9.17) is 4.74 Å². The Labute approximate surface area is 126 Å². The fourth-order valence-corrected chi connectivity index (χ4v) is 3.09. The Morgan fingerprint density at radius 2 is 2.24 bits per heavy atom. The Morgan fingerprint density at radius 1 is 1.43 bits per heavy atom. The molecule has 0 saturated carbocycles. The van der Waals surface area contributed by atoms with Gasteiger partial charge in [-0.25, -0.2) is 4.39 Å². The summed E-state index contributed by atoms with van der Waals surface area (Å²) in [6.07, 6.45) is 3.26. The molecule has 1 amide bonds. The van der Waals surface area contributed by atoms with E-state index in [1.165, 1.54) is 6.07 Å². The first kappa shape index (κ1) is 16.0. The maximum absolute atomic E-state index is 13.4. The fourth-order valence-electron chi connectivity index (χ4n) is 3.09. The Kier molecular flexibility index (Phi) is 5.74. The highest BCUT2D eigenvalue weighted by Gasteiger charge is 2.35. The summed E-state index contributed by atoms with van der Waals surface area (Å²) in [5.41, 5.74) is 0.908. The molecule has 0 radical (unpaired) electrons. The van der Waals surface area contributed by atoms with Gasteiger partial charge in [-0.15, -0.1) is 0 Å². The van der Waals surface area contributed by atoms with Crippen molar-refractivity contribution < 1.29 is 13.9 Å². The van der Waals surface area contributed by atoms with E-state index < -0.39 is 0 Å². The van der Waals surface area contributed by atoms with Crippen molar-refractivity contribution in [2.75, 3.05) is 20.3 Å². The van der Waals surface area contributed by atoms with Gasteiger partial charge in [0.05, 0.1) is 6.04 Å². The number of ether oxygens (including phenoxy) is 1. The number of carbonyl (C=O) groups is 1. The van der Waals surface area contributed by atoms with Crippen molar-refractivity contribution in [1.29, 1.82) is 0 Å². The van der Waals surface area contributed by atoms with E-state index in [0.717, 1.165) is 31.4 Å². The van der Waals surface area contributed by atoms with Crippen LogP contribution in [0.3, 0.4) is 0 Å². The SMILES string of the molecule is COCCCCC(=O)N1CC[C@@H](C)[C@@H]1c1cccc(F)c1. The number of nitrogens with zero attached hydrogens (tertiary/aromatic N) is 1. The van der Waals surface area contributed by atoms with Gasteiger partial charge in [0.1, 0.15) is 5.82 Å². The molecule has 1 saturated heterocycles. The molecule has 0 aliphatic carbocycles. The number of hydrogen-bond donors (Lipinski definition) is 0. The van der Waals surface area contributed by atoms with Crippen molar-refractivity contribution in [3.05, 3.63) is 35.6 Å². The predicted molar refractivity (Wildman–Crippen MR) is 80.4 cm³/mol. The van der Waals surface area contributed by atoms with E-state index in [9.17, 15) is 9.18 Å². The molecule has 0 unspecified atom stereocenters. The van der Waals surface area contributed by atoms with Gasteiger partial charge in [0, 0.05) is 26.7 Å². The van der Waals surface area contributed by atoms with Crippen LogP contribution in [0, 0.1) is 11.7 Å². The third-order valence-corrected chi connectivity index (χ3v) is 4.20. The zero-order valence-electron chi connectivity index (χ0n) is 12.8. The van der Waals surface area contributed by atoms with Crippen LogP contribution in [-0.4, -0.2) is 31.1 Å². The molecule has 2 rings (SSSR count). The minimum absolute atomic E-state index is 0.00984. The van der Waals surface area contributed by atoms with Crippen LogP contribution in [0.25, 0.3) is 0 Å². The van der Waals surface area contributed by atoms with Crippen molar-refractivity contribution in [3.63, 3.8) is 0 Å². The number of unbranched alkanes of at least 4 members (excludes halogenated alkanes) is 1. The minimum Gasteiger partial charge on any atom is -0.385 e. The topological polar surface area (TPSA) is 29.5 Å². The number of benzene rings is 1. The summed E-state index contributed by atoms with van der Waals surface area (Å²) in [6.45, 7) is 3.59. The summed E-state index contributed by atoms with van der Waals surface area (Å²) in [6, 6.07) is 6.64. The molecule has 0 bridgehead atoms. The second-order valence-electron chi connectivity index (χ2n) is 5.80. The van der Waals surface area contributed by atoms with Gasteiger partial charge in [-0.1, -0.05) is 19.1 Å². The van der Waals surface area contributed by atoms with Crippen LogP contribution in [0.1, 0.15) is 44.2 Å². The van der Waals surface area contributed by atoms with E-state index >= 15 is 0 Å². The first-order valence-electron chi connectivity index (χ1n) is 7.67. The van der Waals surface area contributed by atoms with E-state index in [0.29, 0.717) is 18.9 Å². The number of carbonyl (C=O) groups excluding carboxylic acids is 1. The van der Waals surface area contributed by atoms with Crippen LogP contribution < -0.4 is 0 Å². The van der Waals surface area contributed by atoms with Gasteiger partial charge >= 0.3 is 0 Å². The summed E-state index contributed by atoms with van der Waals surface area (Å²) in [5, 5.41) is 0. The number of hydrogen-bond acceptors (Lipinski definition) is 2. The van der Waals surface area contributed by atoms with Crippen LogP contribution >= 0.6 is 0 Å². The van der Waals surface area contributed by atoms with Gasteiger partial charge in [-0.05, 0) is 42.9 Å². The molecule has 1 heterocycles. The largest absolute Gasteiger partial charge is 0.385 e. The molecule has 3 nitrogen and oxygen atoms in total. The molecule has 4 heteroatoms. The van der Waals surface area contributed by atoms with E-state index in [-0.39, 0.29) is 17.8 Å². The van der Waals surface area contributed by atoms with Crippen LogP contribution in [0.4, 0.5) is 4.39 Å². The number of methoxy groups -OCH3 is 1. The molecule has 0 N–H and O–H groups in total. The summed E-state index contributed by atoms with van der Waals surface area (Å²) in [4.78, 5) is 14.3. The molecule has 0 aromatic heterocycles. The second kappa shape index (κ2) is 7.55. The summed E-state index contributed by atoms with van der Waals surface area (Å²) in [5.74, 6) is 0.304. The lowest BCUT2D eigenvalue weighted by atomic mass is 9.95. The van der Waals surface area contributed by atoms with Crippen molar-refractivity contribution in [3.8, 4) is 0 Å². The molecule has 116 valence electrons. The highest BCUT2D eigenvalue weighted by molar-refractivity contribution is 5.77. The van der Waals surface area contributed by atoms with Crippen molar-refractivity contribution in [1.82, 2.24) is 4.90 Å². The van der Waals surface area contributed by atoms with Crippen LogP contribution in [0.5, 0.6) is 0 Å². The molecule has 2 atom stereocenters. The predicted octanol–water partition coefficient (Wildman–Crippen LogP) is 3.55. The molecule has 1 aromatic carbocycles. The van der Waals surface area contributed by atoms with Gasteiger partial charge in [-0.3, -0.25) is 4.79 Å². The molecule has 1 aromatic rings. The van der Waals surface area contributed by atoms with E-state index in [1.807, 2.05) is 11.0 Å². The normalized spacial score (nSPS) is 21.8. The monoisotopic (exact) mass is 293 g/mol. The Balaban J connectivity index is 2.02. The van der Waals surface area contributed by atoms with Gasteiger partial charge in [-0.2, -0.15) is 0 Å². The lowest BCUT2D eigenvalue weighted by molar-refractivity contribution is -0.132. The Morgan fingerprint density at radius 3 is 2.95 bits per heavy atom. The average molecular weight is 293 g/mol. The van der Waals surface area contributed by atoms with Gasteiger partial charge in [0.15, 0.2) is 0 Å². The zero-order valence-corrected chi connectivity index (χ0v) is 12.8. The van der Waals surface area contributed by atoms with E-state index in [2.05, 4.69) is 6.92 Å². The Hall–Kier alpha value is -1.42. The fraction of sp³-hybridized carbons (Fsp3) is 0.588. The third-order valence-electron chi connectivity index (χ3n) is 4.20. The standard InChI is InChI=1S/C17H24FNO2/c1-13-9-10-19(16(20)8-3-4-11-21-2)17(13)14-6-5-7-15(18)12-14/h5-7,12-13,17H,3-4,8-11H2,1-2H3/t13-,17-/m1/s1. The highest BCUT2D eigenvalue weighted by atomic mass is 19.1. The average Bonchev–Trinajstić information content (AvgIpc) is 2.85. The lowest BCUT2D eigenvalue weighted by Crippen LogP contribution is -2.31. The van der Waals surface area contributed by atoms with Crippen molar-refractivity contribution in [2.24, 2.45) is 5.92 Å². The lowest BCUT2D eigenvalue weighted by Gasteiger charge is -2.27. The van der Waals surface area contributed by atoms with Gasteiger partial charge in [0.2, 0.25) is 5.91 Å². The number of rotatable bonds is 6. The van der Waals surface area contributed by atoms with Crippen LogP contribution in [-0.2, 0) is 9.53 Å². The number of amides is 1. The first-order chi connectivity index (χ1) is 10.1. The molecule has 1 aliphatic rings. The number of halogens is 1. The smallest absolute Gasteiger partial charge is 0.223 e. The Bertz CT molecular complexity index is 478. The highest BCUT2D eigenvalue weighted by Crippen LogP contribution is 2.37. The third kappa shape index (κ3) is 4.03. The summed E-state index contributed by atoms with van der Waals surface area (Å²) < 4.78 is 18.4.